The fraction of sp³-hybridized carbons (Fsp3) is 0.381. The van der Waals surface area contributed by atoms with Crippen LogP contribution in [0.15, 0.2) is 48.5 Å². The predicted octanol–water partition coefficient (Wildman–Crippen LogP) is 4.51. The first-order chi connectivity index (χ1) is 12.1. The Bertz CT molecular complexity index is 673. The molecule has 0 aliphatic heterocycles. The lowest BCUT2D eigenvalue weighted by Gasteiger charge is -2.19. The molecule has 1 atom stereocenters. The van der Waals surface area contributed by atoms with E-state index >= 15 is 0 Å². The Labute approximate surface area is 155 Å². The van der Waals surface area contributed by atoms with Crippen LogP contribution in [0.5, 0.6) is 5.75 Å². The van der Waals surface area contributed by atoms with Crippen LogP contribution in [-0.2, 0) is 10.5 Å². The third-order valence-corrected chi connectivity index (χ3v) is 4.95. The predicted molar refractivity (Wildman–Crippen MR) is 106 cm³/mol. The Morgan fingerprint density at radius 3 is 2.60 bits per heavy atom. The van der Waals surface area contributed by atoms with Crippen LogP contribution in [0.1, 0.15) is 30.0 Å². The van der Waals surface area contributed by atoms with E-state index in [2.05, 4.69) is 23.5 Å². The average Bonchev–Trinajstić information content (AvgIpc) is 2.61. The van der Waals surface area contributed by atoms with E-state index in [9.17, 15) is 4.79 Å². The first-order valence-electron chi connectivity index (χ1n) is 8.73. The lowest BCUT2D eigenvalue weighted by atomic mass is 10.1. The maximum atomic E-state index is 12.3. The van der Waals surface area contributed by atoms with Crippen LogP contribution in [0.3, 0.4) is 0 Å². The molecule has 0 saturated heterocycles. The molecule has 2 aromatic carbocycles. The number of thioether (sulfide) groups is 1. The molecule has 0 spiro atoms. The molecule has 0 fully saturated rings. The fourth-order valence-corrected chi connectivity index (χ4v) is 3.35. The fourth-order valence-electron chi connectivity index (χ4n) is 2.53. The second-order valence-corrected chi connectivity index (χ2v) is 7.22. The number of carbonyl (C=O) groups excluding carboxylic acids is 1. The smallest absolute Gasteiger partial charge is 0.261 e. The van der Waals surface area contributed by atoms with Crippen molar-refractivity contribution < 1.29 is 9.53 Å². The molecule has 0 aliphatic carbocycles. The zero-order valence-corrected chi connectivity index (χ0v) is 16.1. The third-order valence-electron chi connectivity index (χ3n) is 3.92. The quantitative estimate of drug-likeness (QED) is 0.671. The highest BCUT2D eigenvalue weighted by Crippen LogP contribution is 2.21. The highest BCUT2D eigenvalue weighted by atomic mass is 32.2. The number of aryl methyl sites for hydroxylation is 2. The van der Waals surface area contributed by atoms with Crippen LogP contribution in [0, 0.1) is 13.8 Å². The van der Waals surface area contributed by atoms with Crippen molar-refractivity contribution in [1.29, 1.82) is 0 Å². The second-order valence-electron chi connectivity index (χ2n) is 6.11. The van der Waals surface area contributed by atoms with E-state index in [0.29, 0.717) is 13.0 Å². The summed E-state index contributed by atoms with van der Waals surface area (Å²) in [5.74, 6) is 2.60. The number of hydrogen-bond acceptors (Lipinski definition) is 3. The van der Waals surface area contributed by atoms with Gasteiger partial charge in [0.05, 0.1) is 0 Å². The average molecular weight is 358 g/mol. The summed E-state index contributed by atoms with van der Waals surface area (Å²) in [5, 5.41) is 2.99. The van der Waals surface area contributed by atoms with Gasteiger partial charge < -0.3 is 10.1 Å². The summed E-state index contributed by atoms with van der Waals surface area (Å²) in [6, 6.07) is 16.4. The number of benzene rings is 2. The molecule has 0 aromatic heterocycles. The van der Waals surface area contributed by atoms with Crippen molar-refractivity contribution in [3.63, 3.8) is 0 Å². The van der Waals surface area contributed by atoms with Crippen molar-refractivity contribution in [2.45, 2.75) is 39.0 Å². The zero-order chi connectivity index (χ0) is 18.1. The van der Waals surface area contributed by atoms with Gasteiger partial charge in [0.15, 0.2) is 6.10 Å². The van der Waals surface area contributed by atoms with E-state index < -0.39 is 6.10 Å². The summed E-state index contributed by atoms with van der Waals surface area (Å²) in [4.78, 5) is 12.3. The molecule has 0 unspecified atom stereocenters. The van der Waals surface area contributed by atoms with Gasteiger partial charge in [0.1, 0.15) is 5.75 Å². The number of amides is 1. The Balaban J connectivity index is 1.74. The molecule has 3 nitrogen and oxygen atoms in total. The number of rotatable bonds is 9. The molecule has 1 amide bonds. The SMILES string of the molecule is CC[C@H](Oc1ccc(C)cc1C)C(=O)NCCSCc1ccccc1. The molecule has 2 rings (SSSR count). The van der Waals surface area contributed by atoms with Crippen molar-refractivity contribution in [1.82, 2.24) is 5.32 Å². The van der Waals surface area contributed by atoms with Crippen LogP contribution >= 0.6 is 11.8 Å². The van der Waals surface area contributed by atoms with Crippen molar-refractivity contribution in [2.75, 3.05) is 12.3 Å². The molecule has 2 aromatic rings. The standard InChI is InChI=1S/C21H27NO2S/c1-4-19(24-20-11-10-16(2)14-17(20)3)21(23)22-12-13-25-15-18-8-6-5-7-9-18/h5-11,14,19H,4,12-13,15H2,1-3H3,(H,22,23)/t19-/m0/s1. The van der Waals surface area contributed by atoms with Gasteiger partial charge in [-0.1, -0.05) is 55.0 Å². The van der Waals surface area contributed by atoms with Gasteiger partial charge in [0.25, 0.3) is 5.91 Å². The Morgan fingerprint density at radius 2 is 1.92 bits per heavy atom. The topological polar surface area (TPSA) is 38.3 Å². The monoisotopic (exact) mass is 357 g/mol. The van der Waals surface area contributed by atoms with Gasteiger partial charge in [-0.3, -0.25) is 4.79 Å². The molecule has 0 bridgehead atoms. The van der Waals surface area contributed by atoms with Gasteiger partial charge in [-0.15, -0.1) is 0 Å². The molecule has 0 saturated carbocycles. The van der Waals surface area contributed by atoms with Gasteiger partial charge in [0, 0.05) is 18.1 Å². The minimum Gasteiger partial charge on any atom is -0.480 e. The van der Waals surface area contributed by atoms with Gasteiger partial charge in [-0.2, -0.15) is 11.8 Å². The molecule has 134 valence electrons. The van der Waals surface area contributed by atoms with Crippen molar-refractivity contribution in [3.8, 4) is 5.75 Å². The molecule has 1 N–H and O–H groups in total. The molecular formula is C21H27NO2S. The van der Waals surface area contributed by atoms with E-state index in [1.54, 1.807) is 0 Å². The molecule has 0 heterocycles. The largest absolute Gasteiger partial charge is 0.480 e. The van der Waals surface area contributed by atoms with Crippen molar-refractivity contribution in [3.05, 3.63) is 65.2 Å². The van der Waals surface area contributed by atoms with Crippen LogP contribution in [0.2, 0.25) is 0 Å². The normalized spacial score (nSPS) is 11.8. The van der Waals surface area contributed by atoms with Gasteiger partial charge >= 0.3 is 0 Å². The summed E-state index contributed by atoms with van der Waals surface area (Å²) < 4.78 is 5.92. The van der Waals surface area contributed by atoms with Gasteiger partial charge in [0.2, 0.25) is 0 Å². The van der Waals surface area contributed by atoms with Crippen LogP contribution < -0.4 is 10.1 Å². The van der Waals surface area contributed by atoms with E-state index in [1.165, 1.54) is 11.1 Å². The number of nitrogens with one attached hydrogen (secondary N) is 1. The van der Waals surface area contributed by atoms with Crippen LogP contribution in [0.4, 0.5) is 0 Å². The zero-order valence-electron chi connectivity index (χ0n) is 15.2. The molecular weight excluding hydrogens is 330 g/mol. The van der Waals surface area contributed by atoms with Gasteiger partial charge in [-0.25, -0.2) is 0 Å². The second kappa shape index (κ2) is 10.1. The number of ether oxygens (including phenoxy) is 1. The van der Waals surface area contributed by atoms with E-state index in [4.69, 9.17) is 4.74 Å². The Morgan fingerprint density at radius 1 is 1.16 bits per heavy atom. The number of carbonyl (C=O) groups is 1. The van der Waals surface area contributed by atoms with E-state index in [1.807, 2.05) is 62.9 Å². The summed E-state index contributed by atoms with van der Waals surface area (Å²) in [6.07, 6.45) is 0.205. The molecule has 25 heavy (non-hydrogen) atoms. The van der Waals surface area contributed by atoms with E-state index in [-0.39, 0.29) is 5.91 Å². The van der Waals surface area contributed by atoms with Gasteiger partial charge in [-0.05, 0) is 37.5 Å². The van der Waals surface area contributed by atoms with Crippen molar-refractivity contribution in [2.24, 2.45) is 0 Å². The highest BCUT2D eigenvalue weighted by molar-refractivity contribution is 7.98. The first kappa shape index (κ1) is 19.4. The first-order valence-corrected chi connectivity index (χ1v) is 9.89. The Hall–Kier alpha value is -1.94. The molecule has 0 radical (unpaired) electrons. The minimum absolute atomic E-state index is 0.0391. The molecule has 0 aliphatic rings. The van der Waals surface area contributed by atoms with E-state index in [0.717, 1.165) is 22.8 Å². The maximum Gasteiger partial charge on any atom is 0.261 e. The molecule has 4 heteroatoms. The van der Waals surface area contributed by atoms with Crippen molar-refractivity contribution >= 4 is 17.7 Å². The summed E-state index contributed by atoms with van der Waals surface area (Å²) in [6.45, 7) is 6.68. The Kier molecular flexibility index (Phi) is 7.86. The maximum absolute atomic E-state index is 12.3. The van der Waals surface area contributed by atoms with Crippen LogP contribution in [0.25, 0.3) is 0 Å². The summed E-state index contributed by atoms with van der Waals surface area (Å²) in [7, 11) is 0. The minimum atomic E-state index is -0.444. The summed E-state index contributed by atoms with van der Waals surface area (Å²) in [5.41, 5.74) is 3.56. The lowest BCUT2D eigenvalue weighted by Crippen LogP contribution is -2.39. The number of hydrogen-bond donors (Lipinski definition) is 1. The highest BCUT2D eigenvalue weighted by Gasteiger charge is 2.18. The van der Waals surface area contributed by atoms with Crippen LogP contribution in [-0.4, -0.2) is 24.3 Å². The summed E-state index contributed by atoms with van der Waals surface area (Å²) >= 11 is 1.82. The third kappa shape index (κ3) is 6.46. The lowest BCUT2D eigenvalue weighted by molar-refractivity contribution is -0.128.